The quantitative estimate of drug-likeness (QED) is 0.691. The highest BCUT2D eigenvalue weighted by molar-refractivity contribution is 7.15. The molecular weight excluding hydrogens is 342 g/mol. The lowest BCUT2D eigenvalue weighted by Gasteiger charge is -2.11. The maximum atomic E-state index is 10.3. The van der Waals surface area contributed by atoms with E-state index < -0.39 is 6.10 Å². The highest BCUT2D eigenvalue weighted by atomic mass is 35.5. The zero-order valence-corrected chi connectivity index (χ0v) is 14.8. The number of aliphatic hydroxyl groups excluding tert-OH is 1. The molecule has 3 aromatic rings. The SMILES string of the molecule is Cc1cccc(C(O)CNc2nnc(Cc3ccc(Cl)cc3)s2)c1. The minimum absolute atomic E-state index is 0.402. The van der Waals surface area contributed by atoms with Crippen LogP contribution in [0.3, 0.4) is 0 Å². The summed E-state index contributed by atoms with van der Waals surface area (Å²) in [6.07, 6.45) is 0.144. The summed E-state index contributed by atoms with van der Waals surface area (Å²) in [7, 11) is 0. The monoisotopic (exact) mass is 359 g/mol. The number of benzene rings is 2. The Balaban J connectivity index is 1.57. The summed E-state index contributed by atoms with van der Waals surface area (Å²) in [6, 6.07) is 15.6. The van der Waals surface area contributed by atoms with E-state index in [1.807, 2.05) is 55.5 Å². The molecule has 0 saturated heterocycles. The molecule has 1 heterocycles. The van der Waals surface area contributed by atoms with Crippen molar-refractivity contribution in [1.29, 1.82) is 0 Å². The van der Waals surface area contributed by atoms with Crippen LogP contribution in [0.15, 0.2) is 48.5 Å². The molecule has 4 nitrogen and oxygen atoms in total. The highest BCUT2D eigenvalue weighted by Gasteiger charge is 2.10. The number of anilines is 1. The van der Waals surface area contributed by atoms with Crippen molar-refractivity contribution in [2.45, 2.75) is 19.4 Å². The van der Waals surface area contributed by atoms with E-state index in [1.54, 1.807) is 0 Å². The minimum atomic E-state index is -0.575. The van der Waals surface area contributed by atoms with Crippen molar-refractivity contribution in [3.05, 3.63) is 75.3 Å². The lowest BCUT2D eigenvalue weighted by atomic mass is 10.1. The minimum Gasteiger partial charge on any atom is -0.387 e. The van der Waals surface area contributed by atoms with Crippen molar-refractivity contribution in [2.24, 2.45) is 0 Å². The van der Waals surface area contributed by atoms with Crippen LogP contribution < -0.4 is 5.32 Å². The van der Waals surface area contributed by atoms with Crippen LogP contribution in [0.5, 0.6) is 0 Å². The second-order valence-electron chi connectivity index (χ2n) is 5.62. The smallest absolute Gasteiger partial charge is 0.205 e. The van der Waals surface area contributed by atoms with Crippen LogP contribution in [0, 0.1) is 6.92 Å². The lowest BCUT2D eigenvalue weighted by molar-refractivity contribution is 0.191. The van der Waals surface area contributed by atoms with Gasteiger partial charge in [0.25, 0.3) is 0 Å². The van der Waals surface area contributed by atoms with Crippen LogP contribution in [0.2, 0.25) is 5.02 Å². The molecule has 124 valence electrons. The van der Waals surface area contributed by atoms with Crippen LogP contribution in [0.4, 0.5) is 5.13 Å². The zero-order chi connectivity index (χ0) is 16.9. The first-order valence-corrected chi connectivity index (χ1v) is 8.85. The van der Waals surface area contributed by atoms with Gasteiger partial charge in [-0.3, -0.25) is 0 Å². The van der Waals surface area contributed by atoms with Crippen LogP contribution in [0.1, 0.15) is 27.8 Å². The normalized spacial score (nSPS) is 12.1. The molecule has 0 amide bonds. The van der Waals surface area contributed by atoms with Gasteiger partial charge in [0.1, 0.15) is 5.01 Å². The highest BCUT2D eigenvalue weighted by Crippen LogP contribution is 2.21. The molecule has 1 aromatic heterocycles. The van der Waals surface area contributed by atoms with E-state index in [2.05, 4.69) is 15.5 Å². The fourth-order valence-corrected chi connectivity index (χ4v) is 3.26. The zero-order valence-electron chi connectivity index (χ0n) is 13.2. The molecule has 0 radical (unpaired) electrons. The van der Waals surface area contributed by atoms with Gasteiger partial charge < -0.3 is 10.4 Å². The Morgan fingerprint density at radius 1 is 1.17 bits per heavy atom. The van der Waals surface area contributed by atoms with Crippen LogP contribution in [-0.4, -0.2) is 21.8 Å². The number of hydrogen-bond acceptors (Lipinski definition) is 5. The summed E-state index contributed by atoms with van der Waals surface area (Å²) >= 11 is 7.39. The van der Waals surface area contributed by atoms with Crippen LogP contribution in [-0.2, 0) is 6.42 Å². The summed E-state index contributed by atoms with van der Waals surface area (Å²) in [4.78, 5) is 0. The van der Waals surface area contributed by atoms with Gasteiger partial charge in [-0.15, -0.1) is 10.2 Å². The van der Waals surface area contributed by atoms with Gasteiger partial charge in [-0.2, -0.15) is 0 Å². The molecule has 0 fully saturated rings. The first-order chi connectivity index (χ1) is 11.6. The fourth-order valence-electron chi connectivity index (χ4n) is 2.35. The van der Waals surface area contributed by atoms with Crippen molar-refractivity contribution < 1.29 is 5.11 Å². The Kier molecular flexibility index (Phi) is 5.45. The summed E-state index contributed by atoms with van der Waals surface area (Å²) < 4.78 is 0. The Labute approximate surface area is 150 Å². The van der Waals surface area contributed by atoms with E-state index in [1.165, 1.54) is 11.3 Å². The number of rotatable bonds is 6. The van der Waals surface area contributed by atoms with Gasteiger partial charge in [0.05, 0.1) is 6.10 Å². The van der Waals surface area contributed by atoms with E-state index in [0.29, 0.717) is 11.7 Å². The number of aromatic nitrogens is 2. The summed E-state index contributed by atoms with van der Waals surface area (Å²) in [5.41, 5.74) is 3.17. The molecule has 2 aromatic carbocycles. The number of aryl methyl sites for hydroxylation is 1. The topological polar surface area (TPSA) is 58.0 Å². The second kappa shape index (κ2) is 7.75. The Morgan fingerprint density at radius 2 is 1.96 bits per heavy atom. The van der Waals surface area contributed by atoms with Gasteiger partial charge in [-0.1, -0.05) is 64.9 Å². The molecule has 0 saturated carbocycles. The number of halogens is 1. The second-order valence-corrected chi connectivity index (χ2v) is 7.11. The standard InChI is InChI=1S/C18H18ClN3OS/c1-12-3-2-4-14(9-12)16(23)11-20-18-22-21-17(24-18)10-13-5-7-15(19)8-6-13/h2-9,16,23H,10-11H2,1H3,(H,20,22). The summed E-state index contributed by atoms with van der Waals surface area (Å²) in [6.45, 7) is 2.41. The van der Waals surface area contributed by atoms with Gasteiger partial charge in [0, 0.05) is 18.0 Å². The van der Waals surface area contributed by atoms with Gasteiger partial charge in [-0.05, 0) is 30.2 Å². The predicted molar refractivity (Wildman–Crippen MR) is 98.8 cm³/mol. The van der Waals surface area contributed by atoms with Crippen LogP contribution in [0.25, 0.3) is 0 Å². The Morgan fingerprint density at radius 3 is 2.71 bits per heavy atom. The first-order valence-electron chi connectivity index (χ1n) is 7.65. The van der Waals surface area contributed by atoms with E-state index in [4.69, 9.17) is 11.6 Å². The van der Waals surface area contributed by atoms with Gasteiger partial charge in [0.2, 0.25) is 5.13 Å². The van der Waals surface area contributed by atoms with E-state index >= 15 is 0 Å². The number of aliphatic hydroxyl groups is 1. The molecule has 0 aliphatic rings. The third-order valence-electron chi connectivity index (χ3n) is 3.61. The fraction of sp³-hybridized carbons (Fsp3) is 0.222. The Hall–Kier alpha value is -1.95. The van der Waals surface area contributed by atoms with E-state index in [0.717, 1.165) is 33.1 Å². The average Bonchev–Trinajstić information content (AvgIpc) is 3.02. The molecule has 24 heavy (non-hydrogen) atoms. The molecule has 0 aliphatic heterocycles. The summed E-state index contributed by atoms with van der Waals surface area (Å²) in [5.74, 6) is 0. The lowest BCUT2D eigenvalue weighted by Crippen LogP contribution is -2.12. The molecule has 1 unspecified atom stereocenters. The van der Waals surface area contributed by atoms with Crippen molar-refractivity contribution in [3.8, 4) is 0 Å². The molecule has 6 heteroatoms. The van der Waals surface area contributed by atoms with Crippen molar-refractivity contribution in [1.82, 2.24) is 10.2 Å². The first kappa shape index (κ1) is 16.9. The predicted octanol–water partition coefficient (Wildman–Crippen LogP) is 4.24. The van der Waals surface area contributed by atoms with E-state index in [-0.39, 0.29) is 0 Å². The molecular formula is C18H18ClN3OS. The maximum Gasteiger partial charge on any atom is 0.205 e. The molecule has 0 spiro atoms. The number of hydrogen-bond donors (Lipinski definition) is 2. The molecule has 1 atom stereocenters. The molecule has 2 N–H and O–H groups in total. The number of nitrogens with zero attached hydrogens (tertiary/aromatic N) is 2. The largest absolute Gasteiger partial charge is 0.387 e. The number of nitrogens with one attached hydrogen (secondary N) is 1. The van der Waals surface area contributed by atoms with Crippen molar-refractivity contribution >= 4 is 28.1 Å². The average molecular weight is 360 g/mol. The third kappa shape index (κ3) is 4.54. The van der Waals surface area contributed by atoms with Gasteiger partial charge >= 0.3 is 0 Å². The molecule has 3 rings (SSSR count). The van der Waals surface area contributed by atoms with Crippen molar-refractivity contribution in [2.75, 3.05) is 11.9 Å². The molecule has 0 bridgehead atoms. The summed E-state index contributed by atoms with van der Waals surface area (Å²) in [5, 5.41) is 24.1. The Bertz CT molecular complexity index is 804. The maximum absolute atomic E-state index is 10.3. The van der Waals surface area contributed by atoms with Crippen LogP contribution >= 0.6 is 22.9 Å². The van der Waals surface area contributed by atoms with Gasteiger partial charge in [0.15, 0.2) is 0 Å². The molecule has 0 aliphatic carbocycles. The van der Waals surface area contributed by atoms with Crippen molar-refractivity contribution in [3.63, 3.8) is 0 Å². The third-order valence-corrected chi connectivity index (χ3v) is 4.74. The van der Waals surface area contributed by atoms with E-state index in [9.17, 15) is 5.11 Å². The van der Waals surface area contributed by atoms with Gasteiger partial charge in [-0.25, -0.2) is 0 Å².